The van der Waals surface area contributed by atoms with Gasteiger partial charge in [-0.15, -0.1) is 11.3 Å². The number of carbonyl (C=O) groups excluding carboxylic acids is 5. The minimum atomic E-state index is -0.851. The summed E-state index contributed by atoms with van der Waals surface area (Å²) < 4.78 is 11.5. The van der Waals surface area contributed by atoms with Gasteiger partial charge in [-0.25, -0.2) is 4.98 Å². The maximum atomic E-state index is 14.4. The summed E-state index contributed by atoms with van der Waals surface area (Å²) in [5, 5.41) is 8.29. The zero-order valence-corrected chi connectivity index (χ0v) is 37.4. The van der Waals surface area contributed by atoms with Crippen LogP contribution in [0.15, 0.2) is 48.4 Å². The number of aromatic nitrogens is 1. The van der Waals surface area contributed by atoms with Crippen molar-refractivity contribution in [2.45, 2.75) is 137 Å². The Morgan fingerprint density at radius 3 is 2.34 bits per heavy atom. The topological polar surface area (TPSA) is 147 Å². The number of benzene rings is 1. The predicted octanol–water partition coefficient (Wildman–Crippen LogP) is 7.15. The molecule has 12 nitrogen and oxygen atoms in total. The highest BCUT2D eigenvalue weighted by Crippen LogP contribution is 2.33. The summed E-state index contributed by atoms with van der Waals surface area (Å²) in [6, 6.07) is 7.90. The van der Waals surface area contributed by atoms with E-state index in [1.165, 1.54) is 17.4 Å². The highest BCUT2D eigenvalue weighted by atomic mass is 32.1. The minimum Gasteiger partial charge on any atom is -0.461 e. The maximum absolute atomic E-state index is 14.4. The molecule has 1 saturated heterocycles. The van der Waals surface area contributed by atoms with Gasteiger partial charge in [-0.05, 0) is 62.1 Å². The van der Waals surface area contributed by atoms with Crippen LogP contribution in [0.1, 0.15) is 127 Å². The van der Waals surface area contributed by atoms with Gasteiger partial charge < -0.3 is 25.0 Å². The third-order valence-electron chi connectivity index (χ3n) is 10.9. The van der Waals surface area contributed by atoms with Gasteiger partial charge in [0, 0.05) is 30.9 Å². The first-order valence-electron chi connectivity index (χ1n) is 20.9. The van der Waals surface area contributed by atoms with Crippen molar-refractivity contribution in [2.24, 2.45) is 23.2 Å². The Bertz CT molecular complexity index is 1660. The highest BCUT2D eigenvalue weighted by molar-refractivity contribution is 7.09. The van der Waals surface area contributed by atoms with Gasteiger partial charge in [-0.2, -0.15) is 0 Å². The molecule has 2 heterocycles. The largest absolute Gasteiger partial charge is 0.461 e. The van der Waals surface area contributed by atoms with Crippen molar-refractivity contribution in [3.8, 4) is 0 Å². The second-order valence-corrected chi connectivity index (χ2v) is 18.5. The molecule has 0 spiro atoms. The second-order valence-electron chi connectivity index (χ2n) is 17.6. The van der Waals surface area contributed by atoms with Crippen LogP contribution in [0, 0.1) is 23.2 Å². The quantitative estimate of drug-likeness (QED) is 0.0990. The molecule has 0 radical (unpaired) electrons. The number of carbonyl (C=O) groups is 5. The van der Waals surface area contributed by atoms with Gasteiger partial charge in [-0.3, -0.25) is 28.9 Å². The zero-order valence-electron chi connectivity index (χ0n) is 36.5. The fourth-order valence-electron chi connectivity index (χ4n) is 7.35. The molecule has 3 amide bonds. The first-order valence-corrected chi connectivity index (χ1v) is 21.8. The van der Waals surface area contributed by atoms with Crippen LogP contribution in [0.4, 0.5) is 0 Å². The highest BCUT2D eigenvalue weighted by Gasteiger charge is 2.38. The second kappa shape index (κ2) is 22.9. The van der Waals surface area contributed by atoms with E-state index >= 15 is 0 Å². The standard InChI is InChI=1S/C45H69N5O7S/c1-12-23-56-44(55)31(6)24-33(25-32-19-15-14-16-20-32)46-40(52)34-28-58-42(47-34)37(57-38(51)27-45(7,8)9)26-36(29(3)4)50(11)43(54)39(30(5)13-2)48-41(53)35-21-17-18-22-49(35)10/h12,14-16,19-20,28-31,33,35-37,39H,1,13,17-18,21-27H2,2-11H3,(H,46,52)(H,48,53)/t30-,31-,33+,35+,36+,37+,39-/m0/s1. The van der Waals surface area contributed by atoms with Gasteiger partial charge in [0.15, 0.2) is 6.10 Å². The summed E-state index contributed by atoms with van der Waals surface area (Å²) >= 11 is 1.22. The molecule has 1 aromatic heterocycles. The summed E-state index contributed by atoms with van der Waals surface area (Å²) in [4.78, 5) is 76.3. The third-order valence-corrected chi connectivity index (χ3v) is 11.9. The Hall–Kier alpha value is -4.10. The van der Waals surface area contributed by atoms with E-state index < -0.39 is 42.0 Å². The van der Waals surface area contributed by atoms with E-state index in [-0.39, 0.29) is 66.2 Å². The zero-order chi connectivity index (χ0) is 43.2. The molecule has 2 aromatic rings. The van der Waals surface area contributed by atoms with Crippen molar-refractivity contribution < 1.29 is 33.4 Å². The summed E-state index contributed by atoms with van der Waals surface area (Å²) in [5.74, 6) is -2.20. The lowest BCUT2D eigenvalue weighted by Crippen LogP contribution is -2.58. The molecule has 0 bridgehead atoms. The van der Waals surface area contributed by atoms with Crippen molar-refractivity contribution >= 4 is 41.0 Å². The molecule has 58 heavy (non-hydrogen) atoms. The van der Waals surface area contributed by atoms with E-state index in [1.807, 2.05) is 85.8 Å². The number of likely N-dealkylation sites (tertiary alicyclic amines) is 1. The fraction of sp³-hybridized carbons (Fsp3) is 0.644. The number of hydrogen-bond acceptors (Lipinski definition) is 10. The summed E-state index contributed by atoms with van der Waals surface area (Å²) in [6.07, 6.45) is 5.34. The Morgan fingerprint density at radius 2 is 1.74 bits per heavy atom. The molecule has 322 valence electrons. The SMILES string of the molecule is C=CCOC(=O)[C@@H](C)C[C@H](Cc1ccccc1)NC(=O)c1csc([C@@H](C[C@H](C(C)C)N(C)C(=O)[C@@H](NC(=O)[C@H]2CCCCN2C)[C@@H](C)CC)OC(=O)CC(C)(C)C)n1. The average Bonchev–Trinajstić information content (AvgIpc) is 3.67. The Balaban J connectivity index is 1.90. The van der Waals surface area contributed by atoms with Crippen LogP contribution < -0.4 is 10.6 Å². The molecule has 2 N–H and O–H groups in total. The Labute approximate surface area is 350 Å². The lowest BCUT2D eigenvalue weighted by molar-refractivity contribution is -0.153. The Kier molecular flexibility index (Phi) is 19.0. The van der Waals surface area contributed by atoms with Gasteiger partial charge in [0.25, 0.3) is 5.91 Å². The molecule has 1 fully saturated rings. The molecule has 0 unspecified atom stereocenters. The number of likely N-dealkylation sites (N-methyl/N-ethyl adjacent to an activating group) is 2. The molecule has 3 rings (SSSR count). The van der Waals surface area contributed by atoms with Crippen LogP contribution in [-0.2, 0) is 35.1 Å². The molecular formula is C45H69N5O7S. The van der Waals surface area contributed by atoms with Gasteiger partial charge >= 0.3 is 11.9 Å². The molecule has 1 aliphatic heterocycles. The van der Waals surface area contributed by atoms with E-state index in [4.69, 9.17) is 14.5 Å². The number of esters is 2. The van der Waals surface area contributed by atoms with Gasteiger partial charge in [0.1, 0.15) is 23.4 Å². The molecule has 0 aliphatic carbocycles. The van der Waals surface area contributed by atoms with Crippen molar-refractivity contribution in [3.63, 3.8) is 0 Å². The fourth-order valence-corrected chi connectivity index (χ4v) is 8.19. The molecule has 13 heteroatoms. The lowest BCUT2D eigenvalue weighted by Gasteiger charge is -2.38. The first kappa shape index (κ1) is 48.3. The van der Waals surface area contributed by atoms with E-state index in [2.05, 4.69) is 22.1 Å². The maximum Gasteiger partial charge on any atom is 0.309 e. The molecule has 1 aliphatic rings. The number of rotatable bonds is 21. The first-order chi connectivity index (χ1) is 27.3. The van der Waals surface area contributed by atoms with Gasteiger partial charge in [0.2, 0.25) is 11.8 Å². The number of thiazole rings is 1. The number of piperidine rings is 1. The molecular weight excluding hydrogens is 755 g/mol. The van der Waals surface area contributed by atoms with Crippen molar-refractivity contribution in [2.75, 3.05) is 27.2 Å². The molecule has 0 saturated carbocycles. The van der Waals surface area contributed by atoms with Crippen LogP contribution >= 0.6 is 11.3 Å². The van der Waals surface area contributed by atoms with Gasteiger partial charge in [0.05, 0.1) is 18.4 Å². The lowest BCUT2D eigenvalue weighted by atomic mass is 9.92. The van der Waals surface area contributed by atoms with E-state index in [0.717, 1.165) is 31.4 Å². The van der Waals surface area contributed by atoms with Gasteiger partial charge in [-0.1, -0.05) is 111 Å². The summed E-state index contributed by atoms with van der Waals surface area (Å²) in [5.41, 5.74) is 0.824. The Morgan fingerprint density at radius 1 is 1.05 bits per heavy atom. The number of nitrogens with one attached hydrogen (secondary N) is 2. The molecule has 7 atom stereocenters. The van der Waals surface area contributed by atoms with Crippen LogP contribution in [-0.4, -0.2) is 95.9 Å². The predicted molar refractivity (Wildman–Crippen MR) is 229 cm³/mol. The van der Waals surface area contributed by atoms with Crippen LogP contribution in [0.3, 0.4) is 0 Å². The van der Waals surface area contributed by atoms with Crippen molar-refractivity contribution in [1.29, 1.82) is 0 Å². The average molecular weight is 824 g/mol. The van der Waals surface area contributed by atoms with Crippen LogP contribution in [0.5, 0.6) is 0 Å². The number of ether oxygens (including phenoxy) is 2. The number of amides is 3. The molecule has 1 aromatic carbocycles. The number of hydrogen-bond donors (Lipinski definition) is 2. The van der Waals surface area contributed by atoms with Crippen LogP contribution in [0.25, 0.3) is 0 Å². The van der Waals surface area contributed by atoms with E-state index in [0.29, 0.717) is 24.3 Å². The summed E-state index contributed by atoms with van der Waals surface area (Å²) in [6.45, 7) is 20.2. The van der Waals surface area contributed by atoms with E-state index in [1.54, 1.807) is 24.3 Å². The monoisotopic (exact) mass is 823 g/mol. The normalized spacial score (nSPS) is 17.9. The van der Waals surface area contributed by atoms with Crippen molar-refractivity contribution in [1.82, 2.24) is 25.4 Å². The third kappa shape index (κ3) is 14.9. The smallest absolute Gasteiger partial charge is 0.309 e. The minimum absolute atomic E-state index is 0.0582. The summed E-state index contributed by atoms with van der Waals surface area (Å²) in [7, 11) is 3.70. The van der Waals surface area contributed by atoms with Crippen LogP contribution in [0.2, 0.25) is 0 Å². The number of nitrogens with zero attached hydrogens (tertiary/aromatic N) is 3. The van der Waals surface area contributed by atoms with Crippen molar-refractivity contribution in [3.05, 3.63) is 64.6 Å². The van der Waals surface area contributed by atoms with E-state index in [9.17, 15) is 24.0 Å².